The summed E-state index contributed by atoms with van der Waals surface area (Å²) in [4.78, 5) is 18.4. The summed E-state index contributed by atoms with van der Waals surface area (Å²) < 4.78 is 24.1. The average molecular weight is 319 g/mol. The highest BCUT2D eigenvalue weighted by Gasteiger charge is 2.29. The average Bonchev–Trinajstić information content (AvgIpc) is 3.04. The van der Waals surface area contributed by atoms with Crippen LogP contribution in [0.4, 0.5) is 4.39 Å². The Morgan fingerprint density at radius 1 is 1.43 bits per heavy atom. The van der Waals surface area contributed by atoms with E-state index in [0.29, 0.717) is 37.0 Å². The molecule has 0 spiro atoms. The predicted octanol–water partition coefficient (Wildman–Crippen LogP) is 2.55. The van der Waals surface area contributed by atoms with Gasteiger partial charge < -0.3 is 14.2 Å². The number of nitrogens with zero attached hydrogens (tertiary/aromatic N) is 3. The third-order valence-electron chi connectivity index (χ3n) is 3.66. The molecule has 1 saturated heterocycles. The van der Waals surface area contributed by atoms with Crippen LogP contribution < -0.4 is 0 Å². The van der Waals surface area contributed by atoms with Gasteiger partial charge in [-0.1, -0.05) is 25.1 Å². The molecular weight excluding hydrogens is 301 g/mol. The lowest BCUT2D eigenvalue weighted by Crippen LogP contribution is -2.42. The highest BCUT2D eigenvalue weighted by molar-refractivity contribution is 5.94. The first-order valence-corrected chi connectivity index (χ1v) is 7.54. The number of ether oxygens (including phenoxy) is 1. The van der Waals surface area contributed by atoms with E-state index in [-0.39, 0.29) is 11.8 Å². The van der Waals surface area contributed by atoms with Crippen LogP contribution in [0, 0.1) is 5.82 Å². The Hall–Kier alpha value is -2.28. The summed E-state index contributed by atoms with van der Waals surface area (Å²) in [6.07, 6.45) is -0.433. The lowest BCUT2D eigenvalue weighted by Gasteiger charge is -2.31. The highest BCUT2D eigenvalue weighted by Crippen LogP contribution is 2.23. The number of benzene rings is 1. The molecule has 1 atom stereocenters. The van der Waals surface area contributed by atoms with E-state index in [9.17, 15) is 9.18 Å². The monoisotopic (exact) mass is 319 g/mol. The highest BCUT2D eigenvalue weighted by atomic mass is 19.1. The molecule has 23 heavy (non-hydrogen) atoms. The summed E-state index contributed by atoms with van der Waals surface area (Å²) in [6.45, 7) is 5.04. The van der Waals surface area contributed by atoms with Gasteiger partial charge in [0.1, 0.15) is 11.9 Å². The summed E-state index contributed by atoms with van der Waals surface area (Å²) in [6, 6.07) is 5.67. The van der Waals surface area contributed by atoms with Crippen molar-refractivity contribution in [2.45, 2.75) is 25.9 Å². The van der Waals surface area contributed by atoms with Crippen LogP contribution in [-0.4, -0.2) is 40.6 Å². The maximum absolute atomic E-state index is 13.3. The van der Waals surface area contributed by atoms with Gasteiger partial charge in [0.25, 0.3) is 5.91 Å². The molecule has 122 valence electrons. The van der Waals surface area contributed by atoms with Crippen LogP contribution in [0.5, 0.6) is 0 Å². The largest absolute Gasteiger partial charge is 0.366 e. The summed E-state index contributed by atoms with van der Waals surface area (Å²) in [5.74, 6) is 0.443. The van der Waals surface area contributed by atoms with E-state index < -0.39 is 11.9 Å². The Kier molecular flexibility index (Phi) is 4.38. The standard InChI is InChI=1S/C16H18FN3O3/c1-10(2)15-18-14(19-23-15)13-9-20(6-7-22-13)16(21)11-4-3-5-12(17)8-11/h3-5,8,10,13H,6-7,9H2,1-2H3/t13-/m1/s1. The van der Waals surface area contributed by atoms with E-state index in [1.807, 2.05) is 13.8 Å². The molecule has 1 aliphatic heterocycles. The fourth-order valence-electron chi connectivity index (χ4n) is 2.41. The zero-order valence-corrected chi connectivity index (χ0v) is 13.0. The van der Waals surface area contributed by atoms with E-state index in [2.05, 4.69) is 10.1 Å². The number of hydrogen-bond acceptors (Lipinski definition) is 5. The van der Waals surface area contributed by atoms with Gasteiger partial charge in [-0.2, -0.15) is 4.98 Å². The number of rotatable bonds is 3. The number of morpholine rings is 1. The number of amides is 1. The van der Waals surface area contributed by atoms with Crippen molar-refractivity contribution in [3.05, 3.63) is 47.4 Å². The lowest BCUT2D eigenvalue weighted by atomic mass is 10.1. The zero-order valence-electron chi connectivity index (χ0n) is 13.0. The van der Waals surface area contributed by atoms with Crippen molar-refractivity contribution in [2.24, 2.45) is 0 Å². The normalized spacial score (nSPS) is 18.4. The lowest BCUT2D eigenvalue weighted by molar-refractivity contribution is -0.0276. The van der Waals surface area contributed by atoms with E-state index in [1.54, 1.807) is 11.0 Å². The van der Waals surface area contributed by atoms with Gasteiger partial charge >= 0.3 is 0 Å². The number of hydrogen-bond donors (Lipinski definition) is 0. The molecule has 0 saturated carbocycles. The fraction of sp³-hybridized carbons (Fsp3) is 0.438. The Morgan fingerprint density at radius 2 is 2.26 bits per heavy atom. The second kappa shape index (κ2) is 6.45. The first kappa shape index (κ1) is 15.6. The Morgan fingerprint density at radius 3 is 2.96 bits per heavy atom. The Balaban J connectivity index is 1.73. The van der Waals surface area contributed by atoms with Gasteiger partial charge in [-0.3, -0.25) is 4.79 Å². The van der Waals surface area contributed by atoms with Crippen molar-refractivity contribution in [2.75, 3.05) is 19.7 Å². The second-order valence-electron chi connectivity index (χ2n) is 5.77. The minimum absolute atomic E-state index is 0.130. The van der Waals surface area contributed by atoms with E-state index in [1.165, 1.54) is 18.2 Å². The van der Waals surface area contributed by atoms with Crippen molar-refractivity contribution < 1.29 is 18.4 Å². The Bertz CT molecular complexity index is 701. The summed E-state index contributed by atoms with van der Waals surface area (Å²) >= 11 is 0. The van der Waals surface area contributed by atoms with Crippen LogP contribution in [0.3, 0.4) is 0 Å². The van der Waals surface area contributed by atoms with E-state index in [4.69, 9.17) is 9.26 Å². The summed E-state index contributed by atoms with van der Waals surface area (Å²) in [5.41, 5.74) is 0.321. The Labute approximate surface area is 133 Å². The van der Waals surface area contributed by atoms with Crippen molar-refractivity contribution in [3.8, 4) is 0 Å². The molecule has 0 radical (unpaired) electrons. The second-order valence-corrected chi connectivity index (χ2v) is 5.77. The topological polar surface area (TPSA) is 68.5 Å². The van der Waals surface area contributed by atoms with E-state index in [0.717, 1.165) is 0 Å². The molecule has 6 nitrogen and oxygen atoms in total. The van der Waals surface area contributed by atoms with Crippen molar-refractivity contribution in [1.82, 2.24) is 15.0 Å². The smallest absolute Gasteiger partial charge is 0.254 e. The van der Waals surface area contributed by atoms with Gasteiger partial charge in [-0.25, -0.2) is 4.39 Å². The van der Waals surface area contributed by atoms with Crippen LogP contribution in [-0.2, 0) is 4.74 Å². The molecule has 7 heteroatoms. The van der Waals surface area contributed by atoms with Gasteiger partial charge in [0, 0.05) is 18.0 Å². The van der Waals surface area contributed by atoms with Gasteiger partial charge in [0.15, 0.2) is 0 Å². The molecule has 1 fully saturated rings. The molecule has 2 heterocycles. The fourth-order valence-corrected chi connectivity index (χ4v) is 2.41. The van der Waals surface area contributed by atoms with Crippen molar-refractivity contribution >= 4 is 5.91 Å². The summed E-state index contributed by atoms with van der Waals surface area (Å²) in [7, 11) is 0. The first-order valence-electron chi connectivity index (χ1n) is 7.54. The van der Waals surface area contributed by atoms with Crippen LogP contribution in [0.15, 0.2) is 28.8 Å². The van der Waals surface area contributed by atoms with Gasteiger partial charge in [-0.15, -0.1) is 0 Å². The van der Waals surface area contributed by atoms with Crippen LogP contribution in [0.25, 0.3) is 0 Å². The molecule has 1 aromatic carbocycles. The first-order chi connectivity index (χ1) is 11.0. The molecule has 0 bridgehead atoms. The predicted molar refractivity (Wildman–Crippen MR) is 79.4 cm³/mol. The molecule has 1 aliphatic rings. The maximum atomic E-state index is 13.3. The minimum atomic E-state index is -0.433. The maximum Gasteiger partial charge on any atom is 0.254 e. The van der Waals surface area contributed by atoms with Crippen LogP contribution in [0.1, 0.15) is 47.9 Å². The van der Waals surface area contributed by atoms with Gasteiger partial charge in [0.2, 0.25) is 11.7 Å². The molecule has 1 amide bonds. The number of carbonyl (C=O) groups excluding carboxylic acids is 1. The quantitative estimate of drug-likeness (QED) is 0.869. The van der Waals surface area contributed by atoms with E-state index >= 15 is 0 Å². The molecular formula is C16H18FN3O3. The number of aromatic nitrogens is 2. The van der Waals surface area contributed by atoms with Crippen molar-refractivity contribution in [3.63, 3.8) is 0 Å². The third kappa shape index (κ3) is 3.39. The molecule has 1 aromatic heterocycles. The molecule has 3 rings (SSSR count). The SMILES string of the molecule is CC(C)c1nc([C@H]2CN(C(=O)c3cccc(F)c3)CCO2)no1. The van der Waals surface area contributed by atoms with Gasteiger partial charge in [0.05, 0.1) is 13.2 Å². The minimum Gasteiger partial charge on any atom is -0.366 e. The molecule has 2 aromatic rings. The number of halogens is 1. The number of carbonyl (C=O) groups is 1. The van der Waals surface area contributed by atoms with Crippen LogP contribution in [0.2, 0.25) is 0 Å². The zero-order chi connectivity index (χ0) is 16.4. The third-order valence-corrected chi connectivity index (χ3v) is 3.66. The molecule has 0 unspecified atom stereocenters. The van der Waals surface area contributed by atoms with Crippen molar-refractivity contribution in [1.29, 1.82) is 0 Å². The van der Waals surface area contributed by atoms with Crippen LogP contribution >= 0.6 is 0 Å². The molecule has 0 N–H and O–H groups in total. The summed E-state index contributed by atoms with van der Waals surface area (Å²) in [5, 5.41) is 3.93. The molecule has 0 aliphatic carbocycles. The van der Waals surface area contributed by atoms with Gasteiger partial charge in [-0.05, 0) is 18.2 Å².